The maximum absolute atomic E-state index is 10.2. The van der Waals surface area contributed by atoms with Gasteiger partial charge in [0, 0.05) is 19.3 Å². The maximum atomic E-state index is 10.2. The molecule has 0 amide bonds. The van der Waals surface area contributed by atoms with Gasteiger partial charge in [-0.3, -0.25) is 0 Å². The molecule has 8 N–H and O–H groups in total. The lowest BCUT2D eigenvalue weighted by molar-refractivity contribution is -0.140. The van der Waals surface area contributed by atoms with Crippen molar-refractivity contribution in [1.29, 1.82) is 0 Å². The summed E-state index contributed by atoms with van der Waals surface area (Å²) in [6.45, 7) is -1.90. The van der Waals surface area contributed by atoms with E-state index in [0.29, 0.717) is 0 Å². The smallest absolute Gasteiger partial charge is 0.0957 e. The maximum Gasteiger partial charge on any atom is 0.0957 e. The molecule has 0 bridgehead atoms. The molecule has 0 aromatic carbocycles. The van der Waals surface area contributed by atoms with E-state index in [9.17, 15) is 25.5 Å². The van der Waals surface area contributed by atoms with Gasteiger partial charge in [0.05, 0.1) is 49.8 Å². The first-order chi connectivity index (χ1) is 8.78. The number of rotatable bonds is 10. The van der Waals surface area contributed by atoms with Crippen LogP contribution >= 0.6 is 0 Å². The minimum atomic E-state index is -2.00. The van der Waals surface area contributed by atoms with Gasteiger partial charge < -0.3 is 40.9 Å². The van der Waals surface area contributed by atoms with Gasteiger partial charge in [-0.25, -0.2) is 0 Å². The van der Waals surface area contributed by atoms with Crippen molar-refractivity contribution in [3.05, 3.63) is 0 Å². The third-order valence-corrected chi connectivity index (χ3v) is 2.93. The molecule has 0 saturated heterocycles. The molecule has 0 spiro atoms. The predicted octanol–water partition coefficient (Wildman–Crippen LogP) is -3.69. The highest BCUT2D eigenvalue weighted by Gasteiger charge is 2.40. The minimum absolute atomic E-state index is 0.372. The van der Waals surface area contributed by atoms with E-state index in [0.717, 1.165) is 0 Å². The number of aliphatic hydroxyl groups is 8. The Kier molecular flexibility index (Phi) is 8.62. The summed E-state index contributed by atoms with van der Waals surface area (Å²) in [7, 11) is 0. The van der Waals surface area contributed by atoms with E-state index < -0.39 is 62.7 Å². The molecule has 4 unspecified atom stereocenters. The number of aliphatic hydroxyl groups excluding tert-OH is 7. The zero-order valence-electron chi connectivity index (χ0n) is 10.6. The fraction of sp³-hybridized carbons (Fsp3) is 1.00. The molecule has 116 valence electrons. The average Bonchev–Trinajstić information content (AvgIpc) is 2.37. The van der Waals surface area contributed by atoms with Crippen molar-refractivity contribution in [3.63, 3.8) is 0 Å². The van der Waals surface area contributed by atoms with Crippen LogP contribution in [-0.2, 0) is 0 Å². The lowest BCUT2D eigenvalue weighted by atomic mass is 9.82. The zero-order valence-corrected chi connectivity index (χ0v) is 10.6. The molecule has 0 aromatic heterocycles. The Labute approximate surface area is 111 Å². The quantitative estimate of drug-likeness (QED) is 0.203. The third kappa shape index (κ3) is 6.59. The van der Waals surface area contributed by atoms with Crippen LogP contribution in [0.2, 0.25) is 0 Å². The highest BCUT2D eigenvalue weighted by atomic mass is 16.4. The van der Waals surface area contributed by atoms with E-state index in [-0.39, 0.29) is 6.42 Å². The molecule has 0 saturated carbocycles. The number of hydrogen-bond donors (Lipinski definition) is 8. The lowest BCUT2D eigenvalue weighted by Gasteiger charge is -2.36. The van der Waals surface area contributed by atoms with E-state index in [1.807, 2.05) is 0 Å². The van der Waals surface area contributed by atoms with Crippen LogP contribution in [0.25, 0.3) is 0 Å². The lowest BCUT2D eigenvalue weighted by Crippen LogP contribution is -2.49. The third-order valence-electron chi connectivity index (χ3n) is 2.93. The highest BCUT2D eigenvalue weighted by molar-refractivity contribution is 4.91. The van der Waals surface area contributed by atoms with E-state index in [1.54, 1.807) is 0 Å². The van der Waals surface area contributed by atoms with Gasteiger partial charge in [0.1, 0.15) is 0 Å². The molecule has 0 fully saturated rings. The molecule has 4 atom stereocenters. The number of hydrogen-bond acceptors (Lipinski definition) is 8. The summed E-state index contributed by atoms with van der Waals surface area (Å²) in [5.74, 6) is 0. The first-order valence-corrected chi connectivity index (χ1v) is 6.06. The fourth-order valence-corrected chi connectivity index (χ4v) is 1.85. The van der Waals surface area contributed by atoms with Crippen LogP contribution in [0.5, 0.6) is 0 Å². The summed E-state index contributed by atoms with van der Waals surface area (Å²) in [4.78, 5) is 0. The van der Waals surface area contributed by atoms with Crippen LogP contribution in [0.15, 0.2) is 0 Å². The van der Waals surface area contributed by atoms with Gasteiger partial charge in [0.25, 0.3) is 0 Å². The highest BCUT2D eigenvalue weighted by Crippen LogP contribution is 2.27. The average molecular weight is 284 g/mol. The normalized spacial score (nSPS) is 21.5. The second kappa shape index (κ2) is 8.77. The van der Waals surface area contributed by atoms with Crippen molar-refractivity contribution < 1.29 is 40.9 Å². The zero-order chi connectivity index (χ0) is 15.1. The molecule has 0 aromatic rings. The van der Waals surface area contributed by atoms with Crippen LogP contribution in [0.4, 0.5) is 0 Å². The van der Waals surface area contributed by atoms with Crippen molar-refractivity contribution in [3.8, 4) is 0 Å². The van der Waals surface area contributed by atoms with Gasteiger partial charge in [-0.1, -0.05) is 0 Å². The molecule has 0 aliphatic carbocycles. The van der Waals surface area contributed by atoms with Crippen molar-refractivity contribution in [2.45, 2.75) is 49.3 Å². The summed E-state index contributed by atoms with van der Waals surface area (Å²) in [6, 6.07) is 0. The molecular formula is C11H24O8. The largest absolute Gasteiger partial charge is 0.394 e. The molecule has 8 nitrogen and oxygen atoms in total. The van der Waals surface area contributed by atoms with Crippen molar-refractivity contribution >= 4 is 0 Å². The summed E-state index contributed by atoms with van der Waals surface area (Å²) >= 11 is 0. The Morgan fingerprint density at radius 3 is 1.37 bits per heavy atom. The summed E-state index contributed by atoms with van der Waals surface area (Å²) < 4.78 is 0. The standard InChI is InChI=1S/C11H24O8/c12-4-7(15)1-10(18)11(19,2-8(16)5-13)3-9(17)6-14/h7-10,12-19H,1-6H2. The molecule has 19 heavy (non-hydrogen) atoms. The van der Waals surface area contributed by atoms with Crippen molar-refractivity contribution in [2.24, 2.45) is 0 Å². The monoisotopic (exact) mass is 284 g/mol. The Balaban J connectivity index is 4.80. The Morgan fingerprint density at radius 1 is 0.684 bits per heavy atom. The molecule has 0 rings (SSSR count). The van der Waals surface area contributed by atoms with Gasteiger partial charge >= 0.3 is 0 Å². The predicted molar refractivity (Wildman–Crippen MR) is 64.1 cm³/mol. The molecule has 8 heteroatoms. The van der Waals surface area contributed by atoms with Crippen LogP contribution in [0, 0.1) is 0 Å². The van der Waals surface area contributed by atoms with E-state index >= 15 is 0 Å². The fourth-order valence-electron chi connectivity index (χ4n) is 1.85. The summed E-state index contributed by atoms with van der Waals surface area (Å²) in [6.07, 6.45) is -6.71. The summed E-state index contributed by atoms with van der Waals surface area (Å²) in [5, 5.41) is 74.2. The topological polar surface area (TPSA) is 162 Å². The van der Waals surface area contributed by atoms with E-state index in [2.05, 4.69) is 0 Å². The van der Waals surface area contributed by atoms with Crippen LogP contribution in [0.3, 0.4) is 0 Å². The Hall–Kier alpha value is -0.320. The molecule has 0 aliphatic heterocycles. The van der Waals surface area contributed by atoms with Crippen LogP contribution < -0.4 is 0 Å². The van der Waals surface area contributed by atoms with Gasteiger partial charge in [0.15, 0.2) is 0 Å². The first kappa shape index (κ1) is 18.7. The van der Waals surface area contributed by atoms with Crippen molar-refractivity contribution in [1.82, 2.24) is 0 Å². The van der Waals surface area contributed by atoms with Crippen LogP contribution in [-0.4, -0.2) is 90.7 Å². The first-order valence-electron chi connectivity index (χ1n) is 6.06. The van der Waals surface area contributed by atoms with Crippen molar-refractivity contribution in [2.75, 3.05) is 19.8 Å². The SMILES string of the molecule is OCC(O)CC(O)C(O)(CC(O)CO)CC(O)CO. The Bertz CT molecular complexity index is 225. The molecule has 0 aliphatic rings. The Morgan fingerprint density at radius 2 is 1.05 bits per heavy atom. The molecule has 0 radical (unpaired) electrons. The minimum Gasteiger partial charge on any atom is -0.394 e. The van der Waals surface area contributed by atoms with Gasteiger partial charge in [-0.15, -0.1) is 0 Å². The molecular weight excluding hydrogens is 260 g/mol. The second-order valence-electron chi connectivity index (χ2n) is 4.77. The van der Waals surface area contributed by atoms with E-state index in [4.69, 9.17) is 15.3 Å². The van der Waals surface area contributed by atoms with Gasteiger partial charge in [0.2, 0.25) is 0 Å². The molecule has 0 heterocycles. The summed E-state index contributed by atoms with van der Waals surface area (Å²) in [5.41, 5.74) is -2.00. The van der Waals surface area contributed by atoms with Gasteiger partial charge in [-0.2, -0.15) is 0 Å². The van der Waals surface area contributed by atoms with Gasteiger partial charge in [-0.05, 0) is 0 Å². The van der Waals surface area contributed by atoms with Crippen LogP contribution in [0.1, 0.15) is 19.3 Å². The second-order valence-corrected chi connectivity index (χ2v) is 4.77. The van der Waals surface area contributed by atoms with E-state index in [1.165, 1.54) is 0 Å².